The highest BCUT2D eigenvalue weighted by Gasteiger charge is 2.27. The molecule has 1 aromatic rings. The number of aliphatic imine (C=N–C) groups is 1. The number of ether oxygens (including phenoxy) is 3. The Morgan fingerprint density at radius 3 is 2.41 bits per heavy atom. The van der Waals surface area contributed by atoms with Crippen molar-refractivity contribution in [3.8, 4) is 0 Å². The second kappa shape index (κ2) is 11.4. The molecule has 7 nitrogen and oxygen atoms in total. The van der Waals surface area contributed by atoms with Crippen LogP contribution in [-0.4, -0.2) is 62.6 Å². The third kappa shape index (κ3) is 6.86. The lowest BCUT2D eigenvalue weighted by Gasteiger charge is -2.26. The molecule has 0 amide bonds. The van der Waals surface area contributed by atoms with Crippen molar-refractivity contribution in [1.29, 1.82) is 0 Å². The summed E-state index contributed by atoms with van der Waals surface area (Å²) in [7, 11) is 0. The fourth-order valence-corrected chi connectivity index (χ4v) is 3.33. The average Bonchev–Trinajstić information content (AvgIpc) is 2.65. The van der Waals surface area contributed by atoms with Crippen LogP contribution in [0.3, 0.4) is 0 Å². The van der Waals surface area contributed by atoms with Gasteiger partial charge in [0.15, 0.2) is 5.92 Å². The van der Waals surface area contributed by atoms with E-state index in [9.17, 15) is 9.59 Å². The van der Waals surface area contributed by atoms with Crippen molar-refractivity contribution in [3.63, 3.8) is 0 Å². The van der Waals surface area contributed by atoms with Crippen molar-refractivity contribution in [2.45, 2.75) is 20.4 Å². The summed E-state index contributed by atoms with van der Waals surface area (Å²) in [4.78, 5) is 30.7. The van der Waals surface area contributed by atoms with Crippen LogP contribution in [0.1, 0.15) is 19.4 Å². The molecule has 0 aliphatic carbocycles. The SMILES string of the molecule is CCOC(=O)C(C=Nc1ccc(CN2CCOCC2)cc1I)C(=O)OCC. The predicted molar refractivity (Wildman–Crippen MR) is 110 cm³/mol. The lowest BCUT2D eigenvalue weighted by molar-refractivity contribution is -0.157. The van der Waals surface area contributed by atoms with Gasteiger partial charge < -0.3 is 14.2 Å². The zero-order valence-corrected chi connectivity index (χ0v) is 17.8. The van der Waals surface area contributed by atoms with Gasteiger partial charge in [0.2, 0.25) is 0 Å². The maximum atomic E-state index is 12.0. The Kier molecular flexibility index (Phi) is 9.16. The molecule has 1 aliphatic rings. The summed E-state index contributed by atoms with van der Waals surface area (Å²) >= 11 is 2.21. The number of carbonyl (C=O) groups is 2. The second-order valence-corrected chi connectivity index (χ2v) is 7.10. The normalized spacial score (nSPS) is 15.3. The first-order valence-corrected chi connectivity index (χ1v) is 10.1. The molecule has 0 bridgehead atoms. The molecule has 8 heteroatoms. The predicted octanol–water partition coefficient (Wildman–Crippen LogP) is 2.57. The molecular formula is C19H25IN2O5. The average molecular weight is 488 g/mol. The summed E-state index contributed by atoms with van der Waals surface area (Å²) in [6.07, 6.45) is 1.30. The number of hydrogen-bond donors (Lipinski definition) is 0. The number of hydrogen-bond acceptors (Lipinski definition) is 7. The van der Waals surface area contributed by atoms with E-state index in [1.807, 2.05) is 12.1 Å². The van der Waals surface area contributed by atoms with Gasteiger partial charge in [0, 0.05) is 29.4 Å². The summed E-state index contributed by atoms with van der Waals surface area (Å²) in [5.74, 6) is -2.47. The number of rotatable bonds is 8. The molecule has 1 saturated heterocycles. The minimum absolute atomic E-state index is 0.191. The maximum Gasteiger partial charge on any atom is 0.325 e. The topological polar surface area (TPSA) is 77.4 Å². The van der Waals surface area contributed by atoms with Gasteiger partial charge in [-0.05, 0) is 54.1 Å². The number of esters is 2. The van der Waals surface area contributed by atoms with E-state index in [0.29, 0.717) is 5.69 Å². The number of morpholine rings is 1. The van der Waals surface area contributed by atoms with Crippen molar-refractivity contribution >= 4 is 46.4 Å². The number of halogens is 1. The minimum Gasteiger partial charge on any atom is -0.465 e. The number of nitrogens with zero attached hydrogens (tertiary/aromatic N) is 2. The molecule has 0 atom stereocenters. The quantitative estimate of drug-likeness (QED) is 0.242. The summed E-state index contributed by atoms with van der Waals surface area (Å²) in [5.41, 5.74) is 1.88. The van der Waals surface area contributed by atoms with Crippen LogP contribution in [0.2, 0.25) is 0 Å². The molecule has 148 valence electrons. The van der Waals surface area contributed by atoms with Crippen molar-refractivity contribution in [2.75, 3.05) is 39.5 Å². The van der Waals surface area contributed by atoms with Crippen molar-refractivity contribution in [3.05, 3.63) is 27.3 Å². The molecule has 0 N–H and O–H groups in total. The van der Waals surface area contributed by atoms with Gasteiger partial charge in [0.25, 0.3) is 0 Å². The van der Waals surface area contributed by atoms with E-state index in [2.05, 4.69) is 38.5 Å². The molecule has 2 rings (SSSR count). The van der Waals surface area contributed by atoms with E-state index in [1.165, 1.54) is 11.8 Å². The third-order valence-electron chi connectivity index (χ3n) is 3.97. The van der Waals surface area contributed by atoms with Crippen LogP contribution in [-0.2, 0) is 30.3 Å². The molecule has 1 fully saturated rings. The van der Waals surface area contributed by atoms with E-state index in [0.717, 1.165) is 36.4 Å². The Hall–Kier alpha value is -1.52. The van der Waals surface area contributed by atoms with Crippen LogP contribution in [0.4, 0.5) is 5.69 Å². The standard InChI is InChI=1S/C19H25IN2O5/c1-3-26-18(23)15(19(24)27-4-2)12-21-17-6-5-14(11-16(17)20)13-22-7-9-25-10-8-22/h5-6,11-12,15H,3-4,7-10,13H2,1-2H3. The zero-order valence-electron chi connectivity index (χ0n) is 15.7. The van der Waals surface area contributed by atoms with E-state index >= 15 is 0 Å². The Balaban J connectivity index is 2.08. The molecule has 1 aromatic carbocycles. The molecule has 27 heavy (non-hydrogen) atoms. The summed E-state index contributed by atoms with van der Waals surface area (Å²) < 4.78 is 16.2. The van der Waals surface area contributed by atoms with Gasteiger partial charge in [0.1, 0.15) is 0 Å². The monoisotopic (exact) mass is 488 g/mol. The van der Waals surface area contributed by atoms with E-state index in [1.54, 1.807) is 13.8 Å². The van der Waals surface area contributed by atoms with E-state index in [4.69, 9.17) is 14.2 Å². The van der Waals surface area contributed by atoms with Crippen molar-refractivity contribution < 1.29 is 23.8 Å². The van der Waals surface area contributed by atoms with Gasteiger partial charge in [-0.2, -0.15) is 0 Å². The minimum atomic E-state index is -1.16. The first-order chi connectivity index (χ1) is 13.0. The molecule has 0 saturated carbocycles. The highest BCUT2D eigenvalue weighted by molar-refractivity contribution is 14.1. The molecular weight excluding hydrogens is 463 g/mol. The third-order valence-corrected chi connectivity index (χ3v) is 4.83. The van der Waals surface area contributed by atoms with Crippen LogP contribution in [0.25, 0.3) is 0 Å². The summed E-state index contributed by atoms with van der Waals surface area (Å²) in [6.45, 7) is 8.00. The van der Waals surface area contributed by atoms with Gasteiger partial charge in [-0.15, -0.1) is 0 Å². The smallest absolute Gasteiger partial charge is 0.325 e. The molecule has 0 aromatic heterocycles. The molecule has 0 spiro atoms. The Bertz CT molecular complexity index is 656. The fourth-order valence-electron chi connectivity index (χ4n) is 2.61. The van der Waals surface area contributed by atoms with Gasteiger partial charge >= 0.3 is 11.9 Å². The van der Waals surface area contributed by atoms with Crippen molar-refractivity contribution in [1.82, 2.24) is 4.90 Å². The maximum absolute atomic E-state index is 12.0. The molecule has 1 heterocycles. The van der Waals surface area contributed by atoms with Gasteiger partial charge in [-0.25, -0.2) is 0 Å². The van der Waals surface area contributed by atoms with Gasteiger partial charge in [-0.1, -0.05) is 6.07 Å². The van der Waals surface area contributed by atoms with Crippen LogP contribution in [0.5, 0.6) is 0 Å². The molecule has 1 aliphatic heterocycles. The van der Waals surface area contributed by atoms with E-state index < -0.39 is 17.9 Å². The summed E-state index contributed by atoms with van der Waals surface area (Å²) in [5, 5.41) is 0. The highest BCUT2D eigenvalue weighted by atomic mass is 127. The largest absolute Gasteiger partial charge is 0.465 e. The highest BCUT2D eigenvalue weighted by Crippen LogP contribution is 2.23. The Morgan fingerprint density at radius 2 is 1.85 bits per heavy atom. The van der Waals surface area contributed by atoms with Gasteiger partial charge in [0.05, 0.1) is 32.1 Å². The Labute approximate surface area is 173 Å². The number of carbonyl (C=O) groups excluding carboxylic acids is 2. The fraction of sp³-hybridized carbons (Fsp3) is 0.526. The lowest BCUT2D eigenvalue weighted by atomic mass is 10.1. The van der Waals surface area contributed by atoms with Crippen LogP contribution < -0.4 is 0 Å². The first kappa shape index (κ1) is 21.8. The van der Waals surface area contributed by atoms with Gasteiger partial charge in [-0.3, -0.25) is 19.5 Å². The van der Waals surface area contributed by atoms with Crippen LogP contribution in [0.15, 0.2) is 23.2 Å². The summed E-state index contributed by atoms with van der Waals surface area (Å²) in [6, 6.07) is 5.96. The van der Waals surface area contributed by atoms with Crippen molar-refractivity contribution in [2.24, 2.45) is 10.9 Å². The zero-order chi connectivity index (χ0) is 19.6. The Morgan fingerprint density at radius 1 is 1.22 bits per heavy atom. The van der Waals surface area contributed by atoms with Crippen LogP contribution in [0, 0.1) is 9.49 Å². The lowest BCUT2D eigenvalue weighted by Crippen LogP contribution is -2.35. The van der Waals surface area contributed by atoms with E-state index in [-0.39, 0.29) is 13.2 Å². The first-order valence-electron chi connectivity index (χ1n) is 9.01. The molecule has 0 radical (unpaired) electrons. The second-order valence-electron chi connectivity index (χ2n) is 5.93. The number of benzene rings is 1. The van der Waals surface area contributed by atoms with Crippen LogP contribution >= 0.6 is 22.6 Å². The molecule has 0 unspecified atom stereocenters.